The maximum absolute atomic E-state index is 12.0. The first-order chi connectivity index (χ1) is 5.11. The summed E-state index contributed by atoms with van der Waals surface area (Å²) >= 11 is 9.59. The van der Waals surface area contributed by atoms with Gasteiger partial charge in [0, 0.05) is 4.88 Å². The Kier molecular flexibility index (Phi) is 3.28. The first-order valence-corrected chi connectivity index (χ1v) is 4.89. The summed E-state index contributed by atoms with van der Waals surface area (Å²) in [4.78, 5) is -0.329. The monoisotopic (exact) mass is 260 g/mol. The molecule has 0 amide bonds. The lowest BCUT2D eigenvalue weighted by Crippen LogP contribution is -1.98. The van der Waals surface area contributed by atoms with E-state index in [1.165, 1.54) is 0 Å². The summed E-state index contributed by atoms with van der Waals surface area (Å²) in [7, 11) is 0. The van der Waals surface area contributed by atoms with Crippen molar-refractivity contribution < 1.29 is 8.78 Å². The Morgan fingerprint density at radius 1 is 1.45 bits per heavy atom. The maximum Gasteiger partial charge on any atom is 0.255 e. The van der Waals surface area contributed by atoms with Crippen molar-refractivity contribution >= 4 is 38.9 Å². The fraction of sp³-hybridized carbons (Fsp3) is 0.333. The van der Waals surface area contributed by atoms with Crippen molar-refractivity contribution in [3.8, 4) is 0 Å². The van der Waals surface area contributed by atoms with Gasteiger partial charge >= 0.3 is 0 Å². The number of hydrogen-bond donors (Lipinski definition) is 0. The van der Waals surface area contributed by atoms with Crippen LogP contribution in [-0.4, -0.2) is 6.43 Å². The number of thiophene rings is 1. The minimum absolute atomic E-state index is 0.533. The normalized spacial score (nSPS) is 13.9. The number of hydrogen-bond acceptors (Lipinski definition) is 1. The summed E-state index contributed by atoms with van der Waals surface area (Å²) in [6.07, 6.45) is -2.38. The SMILES string of the molecule is FC(F)C(Br)c1ccc(Cl)s1. The van der Waals surface area contributed by atoms with E-state index in [-0.39, 0.29) is 0 Å². The van der Waals surface area contributed by atoms with E-state index in [0.29, 0.717) is 9.21 Å². The standard InChI is InChI=1S/C6H4BrClF2S/c7-5(6(9)10)3-1-2-4(8)11-3/h1-2,5-6H. The number of rotatable bonds is 2. The van der Waals surface area contributed by atoms with Crippen LogP contribution in [0.25, 0.3) is 0 Å². The third-order valence-electron chi connectivity index (χ3n) is 1.09. The molecule has 0 saturated heterocycles. The summed E-state index contributed by atoms with van der Waals surface area (Å²) in [5.74, 6) is 0. The van der Waals surface area contributed by atoms with Gasteiger partial charge in [0.1, 0.15) is 4.83 Å². The molecule has 1 aromatic rings. The molecule has 5 heteroatoms. The van der Waals surface area contributed by atoms with E-state index in [4.69, 9.17) is 11.6 Å². The van der Waals surface area contributed by atoms with Crippen LogP contribution in [-0.2, 0) is 0 Å². The molecule has 0 bridgehead atoms. The molecule has 11 heavy (non-hydrogen) atoms. The van der Waals surface area contributed by atoms with Gasteiger partial charge in [-0.3, -0.25) is 0 Å². The molecule has 1 atom stereocenters. The Balaban J connectivity index is 2.76. The molecule has 0 aromatic carbocycles. The van der Waals surface area contributed by atoms with Crippen molar-refractivity contribution in [2.75, 3.05) is 0 Å². The van der Waals surface area contributed by atoms with Gasteiger partial charge in [-0.2, -0.15) is 0 Å². The van der Waals surface area contributed by atoms with Gasteiger partial charge in [-0.15, -0.1) is 11.3 Å². The number of halogens is 4. The molecule has 0 N–H and O–H groups in total. The Hall–Kier alpha value is 0.330. The lowest BCUT2D eigenvalue weighted by atomic mass is 10.3. The molecule has 1 unspecified atom stereocenters. The highest BCUT2D eigenvalue weighted by Gasteiger charge is 2.20. The van der Waals surface area contributed by atoms with Crippen molar-refractivity contribution in [3.63, 3.8) is 0 Å². The Morgan fingerprint density at radius 3 is 2.45 bits per heavy atom. The lowest BCUT2D eigenvalue weighted by Gasteiger charge is -2.03. The first-order valence-electron chi connectivity index (χ1n) is 2.78. The second kappa shape index (κ2) is 3.83. The predicted octanol–water partition coefficient (Wildman–Crippen LogP) is 4.10. The van der Waals surface area contributed by atoms with E-state index in [1.54, 1.807) is 12.1 Å². The topological polar surface area (TPSA) is 0 Å². The first kappa shape index (κ1) is 9.42. The van der Waals surface area contributed by atoms with Crippen LogP contribution >= 0.6 is 38.9 Å². The van der Waals surface area contributed by atoms with Gasteiger partial charge in [-0.05, 0) is 12.1 Å². The van der Waals surface area contributed by atoms with Gasteiger partial charge in [0.05, 0.1) is 4.34 Å². The molecule has 1 aromatic heterocycles. The average Bonchev–Trinajstić information content (AvgIpc) is 2.34. The largest absolute Gasteiger partial charge is 0.255 e. The third kappa shape index (κ3) is 2.39. The Morgan fingerprint density at radius 2 is 2.09 bits per heavy atom. The molecule has 1 rings (SSSR count). The molecule has 0 fully saturated rings. The zero-order valence-electron chi connectivity index (χ0n) is 5.23. The smallest absolute Gasteiger partial charge is 0.209 e. The van der Waals surface area contributed by atoms with Crippen LogP contribution in [0.2, 0.25) is 4.34 Å². The van der Waals surface area contributed by atoms with E-state index in [9.17, 15) is 8.78 Å². The Bertz CT molecular complexity index is 238. The summed E-state index contributed by atoms with van der Waals surface area (Å²) in [6.45, 7) is 0. The maximum atomic E-state index is 12.0. The molecule has 0 aliphatic carbocycles. The highest BCUT2D eigenvalue weighted by atomic mass is 79.9. The summed E-state index contributed by atoms with van der Waals surface area (Å²) in [5.41, 5.74) is 0. The molecule has 0 aliphatic heterocycles. The van der Waals surface area contributed by atoms with Gasteiger partial charge in [0.2, 0.25) is 0 Å². The highest BCUT2D eigenvalue weighted by molar-refractivity contribution is 9.09. The zero-order chi connectivity index (χ0) is 8.43. The Labute approximate surface area is 80.3 Å². The van der Waals surface area contributed by atoms with Crippen LogP contribution in [0.5, 0.6) is 0 Å². The minimum atomic E-state index is -2.38. The van der Waals surface area contributed by atoms with Gasteiger partial charge in [0.25, 0.3) is 6.43 Å². The predicted molar refractivity (Wildman–Crippen MR) is 47.0 cm³/mol. The van der Waals surface area contributed by atoms with E-state index in [0.717, 1.165) is 11.3 Å². The average molecular weight is 262 g/mol. The van der Waals surface area contributed by atoms with Crippen LogP contribution in [0.4, 0.5) is 8.78 Å². The van der Waals surface area contributed by atoms with E-state index < -0.39 is 11.3 Å². The molecule has 0 aliphatic rings. The molecular weight excluding hydrogens is 257 g/mol. The van der Waals surface area contributed by atoms with Gasteiger partial charge in [-0.1, -0.05) is 27.5 Å². The number of alkyl halides is 3. The zero-order valence-corrected chi connectivity index (χ0v) is 8.39. The van der Waals surface area contributed by atoms with Crippen LogP contribution in [0.1, 0.15) is 9.70 Å². The molecule has 62 valence electrons. The van der Waals surface area contributed by atoms with Crippen molar-refractivity contribution in [2.24, 2.45) is 0 Å². The van der Waals surface area contributed by atoms with Gasteiger partial charge < -0.3 is 0 Å². The van der Waals surface area contributed by atoms with E-state index in [2.05, 4.69) is 15.9 Å². The summed E-state index contributed by atoms with van der Waals surface area (Å²) in [5, 5.41) is 0. The van der Waals surface area contributed by atoms with Crippen LogP contribution in [0, 0.1) is 0 Å². The van der Waals surface area contributed by atoms with Crippen molar-refractivity contribution in [1.82, 2.24) is 0 Å². The van der Waals surface area contributed by atoms with Gasteiger partial charge in [0.15, 0.2) is 0 Å². The molecule has 0 radical (unpaired) electrons. The third-order valence-corrected chi connectivity index (χ3v) is 3.60. The minimum Gasteiger partial charge on any atom is -0.209 e. The molecule has 0 nitrogen and oxygen atoms in total. The van der Waals surface area contributed by atoms with Crippen LogP contribution < -0.4 is 0 Å². The van der Waals surface area contributed by atoms with E-state index >= 15 is 0 Å². The van der Waals surface area contributed by atoms with Crippen molar-refractivity contribution in [2.45, 2.75) is 11.3 Å². The lowest BCUT2D eigenvalue weighted by molar-refractivity contribution is 0.148. The van der Waals surface area contributed by atoms with Crippen molar-refractivity contribution in [3.05, 3.63) is 21.3 Å². The van der Waals surface area contributed by atoms with Crippen LogP contribution in [0.3, 0.4) is 0 Å². The molecule has 0 saturated carbocycles. The second-order valence-corrected chi connectivity index (χ2v) is 4.61. The summed E-state index contributed by atoms with van der Waals surface area (Å²) < 4.78 is 24.6. The van der Waals surface area contributed by atoms with Gasteiger partial charge in [-0.25, -0.2) is 8.78 Å². The summed E-state index contributed by atoms with van der Waals surface area (Å²) in [6, 6.07) is 3.21. The van der Waals surface area contributed by atoms with E-state index in [1.807, 2.05) is 0 Å². The highest BCUT2D eigenvalue weighted by Crippen LogP contribution is 2.35. The quantitative estimate of drug-likeness (QED) is 0.703. The fourth-order valence-corrected chi connectivity index (χ4v) is 2.08. The second-order valence-electron chi connectivity index (χ2n) is 1.88. The van der Waals surface area contributed by atoms with Crippen molar-refractivity contribution in [1.29, 1.82) is 0 Å². The fourth-order valence-electron chi connectivity index (χ4n) is 0.601. The molecule has 0 spiro atoms. The van der Waals surface area contributed by atoms with Crippen LogP contribution in [0.15, 0.2) is 12.1 Å². The molecular formula is C6H4BrClF2S. The molecule has 1 heterocycles.